The van der Waals surface area contributed by atoms with E-state index in [4.69, 9.17) is 0 Å². The first-order valence-electron chi connectivity index (χ1n) is 6.19. The van der Waals surface area contributed by atoms with Gasteiger partial charge in [-0.1, -0.05) is 0 Å². The normalized spacial score (nSPS) is 17.1. The van der Waals surface area contributed by atoms with Crippen LogP contribution in [0.15, 0.2) is 10.5 Å². The van der Waals surface area contributed by atoms with Gasteiger partial charge in [0.2, 0.25) is 0 Å². The highest BCUT2D eigenvalue weighted by molar-refractivity contribution is 9.10. The smallest absolute Gasteiger partial charge is 0.133 e. The molecular formula is C13H18BrFN2O. The van der Waals surface area contributed by atoms with Crippen LogP contribution < -0.4 is 5.32 Å². The maximum absolute atomic E-state index is 13.6. The fraction of sp³-hybridized carbons (Fsp3) is 0.538. The standard InChI is InChI=1S/C13H18BrFN2O/c1-9-10(13(18)11(14)8-12(9)15)2-5-17-6-3-16-4-7-17/h8,16,18H,2-7H2,1H3. The highest BCUT2D eigenvalue weighted by atomic mass is 79.9. The second-order valence-electron chi connectivity index (χ2n) is 4.63. The van der Waals surface area contributed by atoms with E-state index in [0.29, 0.717) is 22.0 Å². The summed E-state index contributed by atoms with van der Waals surface area (Å²) < 4.78 is 14.1. The van der Waals surface area contributed by atoms with Crippen molar-refractivity contribution < 1.29 is 9.50 Å². The molecule has 0 aromatic heterocycles. The summed E-state index contributed by atoms with van der Waals surface area (Å²) in [4.78, 5) is 2.33. The van der Waals surface area contributed by atoms with Gasteiger partial charge in [-0.05, 0) is 40.9 Å². The minimum Gasteiger partial charge on any atom is -0.506 e. The number of piperazine rings is 1. The second kappa shape index (κ2) is 5.99. The summed E-state index contributed by atoms with van der Waals surface area (Å²) in [6.07, 6.45) is 0.675. The predicted molar refractivity (Wildman–Crippen MR) is 73.5 cm³/mol. The molecule has 3 nitrogen and oxygen atoms in total. The van der Waals surface area contributed by atoms with Crippen molar-refractivity contribution in [2.45, 2.75) is 13.3 Å². The van der Waals surface area contributed by atoms with Gasteiger partial charge in [0.05, 0.1) is 4.47 Å². The van der Waals surface area contributed by atoms with Crippen LogP contribution in [0.4, 0.5) is 4.39 Å². The van der Waals surface area contributed by atoms with E-state index < -0.39 is 0 Å². The number of halogens is 2. The van der Waals surface area contributed by atoms with Crippen LogP contribution in [0.25, 0.3) is 0 Å². The summed E-state index contributed by atoms with van der Waals surface area (Å²) in [5.41, 5.74) is 1.26. The Balaban J connectivity index is 2.08. The van der Waals surface area contributed by atoms with Gasteiger partial charge in [0, 0.05) is 38.3 Å². The molecule has 0 amide bonds. The van der Waals surface area contributed by atoms with Crippen molar-refractivity contribution in [2.75, 3.05) is 32.7 Å². The highest BCUT2D eigenvalue weighted by Crippen LogP contribution is 2.32. The lowest BCUT2D eigenvalue weighted by Crippen LogP contribution is -2.44. The Hall–Kier alpha value is -0.650. The molecule has 18 heavy (non-hydrogen) atoms. The maximum atomic E-state index is 13.6. The Labute approximate surface area is 115 Å². The van der Waals surface area contributed by atoms with E-state index in [9.17, 15) is 9.50 Å². The first-order chi connectivity index (χ1) is 8.59. The molecule has 1 aromatic carbocycles. The SMILES string of the molecule is Cc1c(F)cc(Br)c(O)c1CCN1CCNCC1. The van der Waals surface area contributed by atoms with Gasteiger partial charge in [0.25, 0.3) is 0 Å². The third-order valence-corrected chi connectivity index (χ3v) is 4.07. The Morgan fingerprint density at radius 1 is 1.44 bits per heavy atom. The molecule has 0 bridgehead atoms. The minimum absolute atomic E-state index is 0.170. The Morgan fingerprint density at radius 3 is 2.78 bits per heavy atom. The summed E-state index contributed by atoms with van der Waals surface area (Å²) in [6, 6.07) is 1.32. The molecule has 0 atom stereocenters. The molecule has 100 valence electrons. The van der Waals surface area contributed by atoms with Crippen molar-refractivity contribution in [2.24, 2.45) is 0 Å². The van der Waals surface area contributed by atoms with Gasteiger partial charge in [0.1, 0.15) is 11.6 Å². The van der Waals surface area contributed by atoms with Crippen molar-refractivity contribution in [3.05, 3.63) is 27.5 Å². The Bertz CT molecular complexity index is 407. The number of rotatable bonds is 3. The van der Waals surface area contributed by atoms with Crippen LogP contribution in [0, 0.1) is 12.7 Å². The summed E-state index contributed by atoms with van der Waals surface area (Å²) >= 11 is 3.18. The number of hydrogen-bond acceptors (Lipinski definition) is 3. The maximum Gasteiger partial charge on any atom is 0.133 e. The minimum atomic E-state index is -0.269. The van der Waals surface area contributed by atoms with Crippen LogP contribution in [-0.4, -0.2) is 42.7 Å². The average molecular weight is 317 g/mol. The van der Waals surface area contributed by atoms with Crippen molar-refractivity contribution in [3.8, 4) is 5.75 Å². The third-order valence-electron chi connectivity index (χ3n) is 3.46. The van der Waals surface area contributed by atoms with E-state index in [0.717, 1.165) is 32.7 Å². The molecular weight excluding hydrogens is 299 g/mol. The quantitative estimate of drug-likeness (QED) is 0.896. The van der Waals surface area contributed by atoms with E-state index in [2.05, 4.69) is 26.1 Å². The monoisotopic (exact) mass is 316 g/mol. The zero-order chi connectivity index (χ0) is 13.1. The highest BCUT2D eigenvalue weighted by Gasteiger charge is 2.16. The number of aromatic hydroxyl groups is 1. The fourth-order valence-electron chi connectivity index (χ4n) is 2.26. The summed E-state index contributed by atoms with van der Waals surface area (Å²) in [5, 5.41) is 13.3. The molecule has 0 radical (unpaired) electrons. The van der Waals surface area contributed by atoms with Crippen LogP contribution >= 0.6 is 15.9 Å². The van der Waals surface area contributed by atoms with E-state index >= 15 is 0 Å². The number of phenols is 1. The van der Waals surface area contributed by atoms with E-state index in [-0.39, 0.29) is 11.6 Å². The van der Waals surface area contributed by atoms with Gasteiger partial charge in [-0.2, -0.15) is 0 Å². The van der Waals surface area contributed by atoms with Gasteiger partial charge in [-0.3, -0.25) is 0 Å². The van der Waals surface area contributed by atoms with E-state index in [1.807, 2.05) is 0 Å². The van der Waals surface area contributed by atoms with Crippen LogP contribution in [0.2, 0.25) is 0 Å². The molecule has 2 N–H and O–H groups in total. The lowest BCUT2D eigenvalue weighted by atomic mass is 10.0. The lowest BCUT2D eigenvalue weighted by molar-refractivity contribution is 0.243. The summed E-state index contributed by atoms with van der Waals surface area (Å²) in [5.74, 6) is -0.0981. The van der Waals surface area contributed by atoms with Gasteiger partial charge in [-0.15, -0.1) is 0 Å². The van der Waals surface area contributed by atoms with Crippen LogP contribution in [0.3, 0.4) is 0 Å². The zero-order valence-electron chi connectivity index (χ0n) is 10.5. The van der Waals surface area contributed by atoms with Gasteiger partial charge in [-0.25, -0.2) is 4.39 Å². The van der Waals surface area contributed by atoms with Crippen LogP contribution in [-0.2, 0) is 6.42 Å². The number of nitrogens with zero attached hydrogens (tertiary/aromatic N) is 1. The Morgan fingerprint density at radius 2 is 2.11 bits per heavy atom. The number of phenolic OH excluding ortho intramolecular Hbond substituents is 1. The molecule has 2 rings (SSSR count). The van der Waals surface area contributed by atoms with Crippen molar-refractivity contribution >= 4 is 15.9 Å². The van der Waals surface area contributed by atoms with Gasteiger partial charge < -0.3 is 15.3 Å². The molecule has 5 heteroatoms. The lowest BCUT2D eigenvalue weighted by Gasteiger charge is -2.27. The van der Waals surface area contributed by atoms with Crippen LogP contribution in [0.1, 0.15) is 11.1 Å². The van der Waals surface area contributed by atoms with Gasteiger partial charge in [0.15, 0.2) is 0 Å². The third kappa shape index (κ3) is 3.02. The molecule has 0 saturated carbocycles. The number of nitrogens with one attached hydrogen (secondary N) is 1. The largest absolute Gasteiger partial charge is 0.506 e. The second-order valence-corrected chi connectivity index (χ2v) is 5.49. The number of benzene rings is 1. The van der Waals surface area contributed by atoms with Gasteiger partial charge >= 0.3 is 0 Å². The molecule has 1 aliphatic rings. The molecule has 0 aliphatic carbocycles. The fourth-order valence-corrected chi connectivity index (χ4v) is 2.70. The Kier molecular flexibility index (Phi) is 4.59. The molecule has 1 fully saturated rings. The predicted octanol–water partition coefficient (Wildman–Crippen LogP) is 2.05. The zero-order valence-corrected chi connectivity index (χ0v) is 12.1. The first-order valence-corrected chi connectivity index (χ1v) is 6.98. The van der Waals surface area contributed by atoms with Crippen molar-refractivity contribution in [3.63, 3.8) is 0 Å². The molecule has 0 spiro atoms. The van der Waals surface area contributed by atoms with Crippen molar-refractivity contribution in [1.82, 2.24) is 10.2 Å². The summed E-state index contributed by atoms with van der Waals surface area (Å²) in [6.45, 7) is 6.59. The van der Waals surface area contributed by atoms with Crippen LogP contribution in [0.5, 0.6) is 5.75 Å². The molecule has 1 aromatic rings. The van der Waals surface area contributed by atoms with Crippen molar-refractivity contribution in [1.29, 1.82) is 0 Å². The molecule has 0 unspecified atom stereocenters. The molecule has 1 saturated heterocycles. The van der Waals surface area contributed by atoms with E-state index in [1.54, 1.807) is 6.92 Å². The first kappa shape index (κ1) is 13.8. The molecule has 1 aliphatic heterocycles. The van der Waals surface area contributed by atoms with E-state index in [1.165, 1.54) is 6.07 Å². The molecule has 1 heterocycles. The average Bonchev–Trinajstić information content (AvgIpc) is 2.38. The summed E-state index contributed by atoms with van der Waals surface area (Å²) in [7, 11) is 0. The topological polar surface area (TPSA) is 35.5 Å². The number of hydrogen-bond donors (Lipinski definition) is 2.